The molecule has 0 bridgehead atoms. The Hall–Kier alpha value is -3.85. The molecule has 7 nitrogen and oxygen atoms in total. The highest BCUT2D eigenvalue weighted by atomic mass is 79.9. The van der Waals surface area contributed by atoms with Gasteiger partial charge in [0.05, 0.1) is 34.7 Å². The van der Waals surface area contributed by atoms with E-state index in [4.69, 9.17) is 0 Å². The van der Waals surface area contributed by atoms with Gasteiger partial charge in [0.25, 0.3) is 5.91 Å². The zero-order valence-corrected chi connectivity index (χ0v) is 23.0. The van der Waals surface area contributed by atoms with Crippen molar-refractivity contribution in [3.63, 3.8) is 0 Å². The van der Waals surface area contributed by atoms with E-state index in [0.29, 0.717) is 5.69 Å². The third kappa shape index (κ3) is 7.47. The van der Waals surface area contributed by atoms with Gasteiger partial charge in [0.2, 0.25) is 5.91 Å². The number of nitrogens with zero attached hydrogens (tertiary/aromatic N) is 3. The van der Waals surface area contributed by atoms with E-state index in [1.807, 2.05) is 0 Å². The van der Waals surface area contributed by atoms with Crippen molar-refractivity contribution in [3.05, 3.63) is 99.8 Å². The van der Waals surface area contributed by atoms with E-state index < -0.39 is 46.5 Å². The normalized spacial score (nSPS) is 11.8. The molecular weight excluding hydrogens is 640 g/mol. The van der Waals surface area contributed by atoms with Gasteiger partial charge < -0.3 is 10.6 Å². The minimum Gasteiger partial charge on any atom is -0.345 e. The Balaban J connectivity index is 1.54. The topological polar surface area (TPSA) is 88.9 Å². The number of nitrogens with one attached hydrogen (secondary N) is 2. The fourth-order valence-electron chi connectivity index (χ4n) is 3.70. The van der Waals surface area contributed by atoms with Gasteiger partial charge in [-0.25, -0.2) is 0 Å². The fraction of sp³-hybridized carbons (Fsp3) is 0.154. The first-order valence-electron chi connectivity index (χ1n) is 11.6. The molecular formula is C26H18BrF6N5O2S. The number of hydrogen-bond acceptors (Lipinski definition) is 5. The quantitative estimate of drug-likeness (QED) is 0.162. The van der Waals surface area contributed by atoms with Crippen molar-refractivity contribution in [2.24, 2.45) is 0 Å². The smallest absolute Gasteiger partial charge is 0.345 e. The van der Waals surface area contributed by atoms with Gasteiger partial charge >= 0.3 is 12.4 Å². The van der Waals surface area contributed by atoms with E-state index in [0.717, 1.165) is 40.5 Å². The second-order valence-electron chi connectivity index (χ2n) is 8.32. The third-order valence-corrected chi connectivity index (χ3v) is 6.97. The molecule has 0 saturated carbocycles. The molecule has 0 aliphatic rings. The Labute approximate surface area is 241 Å². The molecule has 0 fully saturated rings. The lowest BCUT2D eigenvalue weighted by Gasteiger charge is -2.14. The number of benzene rings is 3. The second-order valence-corrected chi connectivity index (χ2v) is 10.2. The van der Waals surface area contributed by atoms with Crippen LogP contribution < -0.4 is 10.6 Å². The monoisotopic (exact) mass is 657 g/mol. The summed E-state index contributed by atoms with van der Waals surface area (Å²) in [6, 6.07) is 15.6. The van der Waals surface area contributed by atoms with Gasteiger partial charge in [-0.15, -0.1) is 10.2 Å². The van der Waals surface area contributed by atoms with E-state index in [1.165, 1.54) is 28.8 Å². The second kappa shape index (κ2) is 12.3. The highest BCUT2D eigenvalue weighted by Gasteiger charge is 2.35. The van der Waals surface area contributed by atoms with Crippen LogP contribution in [-0.2, 0) is 23.7 Å². The maximum Gasteiger partial charge on any atom is 0.418 e. The van der Waals surface area contributed by atoms with Crippen LogP contribution in [0.1, 0.15) is 27.3 Å². The molecule has 0 aliphatic heterocycles. The number of carbonyl (C=O) groups is 2. The Bertz CT molecular complexity index is 1560. The summed E-state index contributed by atoms with van der Waals surface area (Å²) in [4.78, 5) is 25.2. The van der Waals surface area contributed by atoms with Crippen molar-refractivity contribution in [1.82, 2.24) is 20.1 Å². The predicted octanol–water partition coefficient (Wildman–Crippen LogP) is 6.73. The molecule has 41 heavy (non-hydrogen) atoms. The number of hydrogen-bond donors (Lipinski definition) is 2. The molecule has 214 valence electrons. The Kier molecular flexibility index (Phi) is 9.07. The largest absolute Gasteiger partial charge is 0.418 e. The Morgan fingerprint density at radius 2 is 1.44 bits per heavy atom. The van der Waals surface area contributed by atoms with Crippen LogP contribution in [0, 0.1) is 0 Å². The van der Waals surface area contributed by atoms with Crippen molar-refractivity contribution in [1.29, 1.82) is 0 Å². The van der Waals surface area contributed by atoms with Crippen molar-refractivity contribution >= 4 is 45.2 Å². The maximum atomic E-state index is 13.4. The molecule has 3 aromatic carbocycles. The number of thioether (sulfide) groups is 1. The van der Waals surface area contributed by atoms with Gasteiger partial charge in [-0.3, -0.25) is 14.2 Å². The molecule has 0 saturated heterocycles. The number of amides is 2. The van der Waals surface area contributed by atoms with Crippen LogP contribution in [-0.4, -0.2) is 32.3 Å². The number of aromatic nitrogens is 3. The Morgan fingerprint density at radius 1 is 0.829 bits per heavy atom. The molecule has 1 aromatic heterocycles. The molecule has 0 radical (unpaired) electrons. The number of anilines is 1. The summed E-state index contributed by atoms with van der Waals surface area (Å²) < 4.78 is 82.1. The minimum absolute atomic E-state index is 0.135. The highest BCUT2D eigenvalue weighted by Crippen LogP contribution is 2.35. The lowest BCUT2D eigenvalue weighted by molar-refractivity contribution is -0.138. The average molecular weight is 658 g/mol. The summed E-state index contributed by atoms with van der Waals surface area (Å²) >= 11 is 4.18. The molecule has 1 heterocycles. The van der Waals surface area contributed by atoms with E-state index >= 15 is 0 Å². The lowest BCUT2D eigenvalue weighted by Crippen LogP contribution is -2.27. The molecule has 0 aliphatic carbocycles. The molecule has 4 aromatic rings. The first-order chi connectivity index (χ1) is 19.3. The molecule has 15 heteroatoms. The van der Waals surface area contributed by atoms with Crippen molar-refractivity contribution < 1.29 is 35.9 Å². The van der Waals surface area contributed by atoms with Crippen LogP contribution in [0.15, 0.2) is 82.4 Å². The van der Waals surface area contributed by atoms with E-state index in [-0.39, 0.29) is 23.3 Å². The zero-order valence-electron chi connectivity index (χ0n) is 20.6. The molecule has 0 atom stereocenters. The number of para-hydroxylation sites is 1. The van der Waals surface area contributed by atoms with Gasteiger partial charge in [-0.05, 0) is 48.5 Å². The lowest BCUT2D eigenvalue weighted by atomic mass is 10.1. The Morgan fingerprint density at radius 3 is 2.10 bits per heavy atom. The van der Waals surface area contributed by atoms with Gasteiger partial charge in [0, 0.05) is 10.2 Å². The fourth-order valence-corrected chi connectivity index (χ4v) is 4.73. The SMILES string of the molecule is O=C(CSc1nnc(CNC(=O)c2ccccc2C(F)(F)F)n1-c1ccc(Br)cc1)Nc1ccccc1C(F)(F)F. The van der Waals surface area contributed by atoms with Crippen LogP contribution in [0.25, 0.3) is 5.69 Å². The van der Waals surface area contributed by atoms with Crippen LogP contribution in [0.2, 0.25) is 0 Å². The zero-order chi connectivity index (χ0) is 29.8. The summed E-state index contributed by atoms with van der Waals surface area (Å²) in [6.07, 6.45) is -9.41. The number of halogens is 7. The van der Waals surface area contributed by atoms with Crippen molar-refractivity contribution in [3.8, 4) is 5.69 Å². The standard InChI is InChI=1S/C26H18BrF6N5O2S/c27-15-9-11-16(12-10-15)38-21(13-34-23(40)17-5-1-2-6-18(17)25(28,29)30)36-37-24(38)41-14-22(39)35-20-8-4-3-7-19(20)26(31,32)33/h1-12H,13-14H2,(H,34,40)(H,35,39). The first-order valence-corrected chi connectivity index (χ1v) is 13.4. The highest BCUT2D eigenvalue weighted by molar-refractivity contribution is 9.10. The van der Waals surface area contributed by atoms with Gasteiger partial charge in [-0.2, -0.15) is 26.3 Å². The maximum absolute atomic E-state index is 13.4. The summed E-state index contributed by atoms with van der Waals surface area (Å²) in [5.74, 6) is -1.93. The predicted molar refractivity (Wildman–Crippen MR) is 142 cm³/mol. The molecule has 4 rings (SSSR count). The number of carbonyl (C=O) groups excluding carboxylic acids is 2. The van der Waals surface area contributed by atoms with E-state index in [1.54, 1.807) is 24.3 Å². The summed E-state index contributed by atoms with van der Waals surface area (Å²) in [5.41, 5.74) is -2.56. The molecule has 2 amide bonds. The molecule has 0 unspecified atom stereocenters. The van der Waals surface area contributed by atoms with Gasteiger partial charge in [0.1, 0.15) is 0 Å². The first kappa shape index (κ1) is 30.1. The summed E-state index contributed by atoms with van der Waals surface area (Å²) in [6.45, 7) is -0.320. The number of rotatable bonds is 8. The molecule has 0 spiro atoms. The van der Waals surface area contributed by atoms with Gasteiger partial charge in [-0.1, -0.05) is 52.0 Å². The number of alkyl halides is 6. The van der Waals surface area contributed by atoms with Crippen LogP contribution >= 0.6 is 27.7 Å². The van der Waals surface area contributed by atoms with Crippen molar-refractivity contribution in [2.75, 3.05) is 11.1 Å². The summed E-state index contributed by atoms with van der Waals surface area (Å²) in [5, 5.41) is 12.9. The average Bonchev–Trinajstić information content (AvgIpc) is 3.33. The van der Waals surface area contributed by atoms with Crippen molar-refractivity contribution in [2.45, 2.75) is 24.1 Å². The van der Waals surface area contributed by atoms with Gasteiger partial charge in [0.15, 0.2) is 11.0 Å². The van der Waals surface area contributed by atoms with E-state index in [9.17, 15) is 35.9 Å². The van der Waals surface area contributed by atoms with E-state index in [2.05, 4.69) is 36.8 Å². The van der Waals surface area contributed by atoms with Crippen LogP contribution in [0.3, 0.4) is 0 Å². The molecule has 2 N–H and O–H groups in total. The summed E-state index contributed by atoms with van der Waals surface area (Å²) in [7, 11) is 0. The third-order valence-electron chi connectivity index (χ3n) is 5.51. The van der Waals surface area contributed by atoms with Crippen LogP contribution in [0.4, 0.5) is 32.0 Å². The minimum atomic E-state index is -4.74. The van der Waals surface area contributed by atoms with Crippen LogP contribution in [0.5, 0.6) is 0 Å².